The zero-order valence-electron chi connectivity index (χ0n) is 63.5. The molecule has 3 unspecified atom stereocenters. The van der Waals surface area contributed by atoms with E-state index in [9.17, 15) is 43.2 Å². The fourth-order valence-corrected chi connectivity index (χ4v) is 13.5. The second-order valence-corrected chi connectivity index (χ2v) is 32.2. The van der Waals surface area contributed by atoms with Gasteiger partial charge in [0.15, 0.2) is 12.2 Å². The van der Waals surface area contributed by atoms with E-state index in [1.807, 2.05) is 0 Å². The molecule has 3 N–H and O–H groups in total. The lowest BCUT2D eigenvalue weighted by atomic mass is 9.99. The Labute approximate surface area is 594 Å². The van der Waals surface area contributed by atoms with Crippen molar-refractivity contribution < 1.29 is 80.2 Å². The van der Waals surface area contributed by atoms with Crippen molar-refractivity contribution in [1.29, 1.82) is 0 Å². The summed E-state index contributed by atoms with van der Waals surface area (Å²) in [6.45, 7) is 11.9. The predicted octanol–water partition coefficient (Wildman–Crippen LogP) is 23.0. The van der Waals surface area contributed by atoms with Crippen molar-refractivity contribution >= 4 is 39.5 Å². The lowest BCUT2D eigenvalue weighted by molar-refractivity contribution is -0.161. The summed E-state index contributed by atoms with van der Waals surface area (Å²) in [4.78, 5) is 72.9. The van der Waals surface area contributed by atoms with Crippen molar-refractivity contribution in [2.75, 3.05) is 39.6 Å². The highest BCUT2D eigenvalue weighted by Gasteiger charge is 2.30. The summed E-state index contributed by atoms with van der Waals surface area (Å²) in [6.07, 6.45) is 55.5. The molecule has 0 rings (SSSR count). The molecule has 97 heavy (non-hydrogen) atoms. The summed E-state index contributed by atoms with van der Waals surface area (Å²) in [5, 5.41) is 10.6. The molecule has 0 radical (unpaired) electrons. The number of phosphoric ester groups is 2. The minimum atomic E-state index is -4.96. The molecule has 0 fully saturated rings. The van der Waals surface area contributed by atoms with Gasteiger partial charge in [0, 0.05) is 25.7 Å². The topological polar surface area (TPSA) is 237 Å². The molecule has 0 saturated carbocycles. The number of carbonyl (C=O) groups is 4. The Hall–Kier alpha value is -1.94. The highest BCUT2D eigenvalue weighted by atomic mass is 31.2. The van der Waals surface area contributed by atoms with Gasteiger partial charge < -0.3 is 33.8 Å². The van der Waals surface area contributed by atoms with E-state index in [0.717, 1.165) is 108 Å². The average Bonchev–Trinajstić information content (AvgIpc) is 2.32. The van der Waals surface area contributed by atoms with Crippen LogP contribution in [0.3, 0.4) is 0 Å². The van der Waals surface area contributed by atoms with Crippen molar-refractivity contribution in [2.24, 2.45) is 17.8 Å². The summed E-state index contributed by atoms with van der Waals surface area (Å²) >= 11 is 0. The van der Waals surface area contributed by atoms with Crippen LogP contribution in [0.1, 0.15) is 402 Å². The molecular formula is C78H152O17P2. The lowest BCUT2D eigenvalue weighted by Crippen LogP contribution is -2.30. The molecule has 576 valence electrons. The van der Waals surface area contributed by atoms with Crippen LogP contribution >= 0.6 is 15.6 Å². The Morgan fingerprint density at radius 2 is 0.526 bits per heavy atom. The molecule has 0 aromatic carbocycles. The third-order valence-corrected chi connectivity index (χ3v) is 20.4. The number of esters is 4. The highest BCUT2D eigenvalue weighted by molar-refractivity contribution is 7.47. The van der Waals surface area contributed by atoms with Gasteiger partial charge in [-0.25, -0.2) is 9.13 Å². The van der Waals surface area contributed by atoms with Crippen molar-refractivity contribution in [3.8, 4) is 0 Å². The van der Waals surface area contributed by atoms with Crippen LogP contribution in [0.4, 0.5) is 0 Å². The molecular weight excluding hydrogens is 1270 g/mol. The van der Waals surface area contributed by atoms with Gasteiger partial charge in [-0.1, -0.05) is 350 Å². The number of carbonyl (C=O) groups excluding carboxylic acids is 4. The van der Waals surface area contributed by atoms with Crippen molar-refractivity contribution in [2.45, 2.75) is 420 Å². The Morgan fingerprint density at radius 1 is 0.299 bits per heavy atom. The predicted molar refractivity (Wildman–Crippen MR) is 395 cm³/mol. The fraction of sp³-hybridized carbons (Fsp3) is 0.949. The number of hydrogen-bond donors (Lipinski definition) is 3. The van der Waals surface area contributed by atoms with Gasteiger partial charge in [0.05, 0.1) is 26.4 Å². The largest absolute Gasteiger partial charge is 0.472 e. The highest BCUT2D eigenvalue weighted by Crippen LogP contribution is 2.45. The fourth-order valence-electron chi connectivity index (χ4n) is 11.9. The second kappa shape index (κ2) is 68.5. The maximum absolute atomic E-state index is 13.1. The van der Waals surface area contributed by atoms with Crippen LogP contribution in [0.25, 0.3) is 0 Å². The average molecular weight is 1420 g/mol. The molecule has 0 aliphatic heterocycles. The molecule has 0 aromatic heterocycles. The van der Waals surface area contributed by atoms with E-state index in [1.165, 1.54) is 212 Å². The van der Waals surface area contributed by atoms with Gasteiger partial charge in [0.1, 0.15) is 19.3 Å². The van der Waals surface area contributed by atoms with E-state index >= 15 is 0 Å². The quantitative estimate of drug-likeness (QED) is 0.0222. The standard InChI is InChI=1S/C78H152O17P2/c1-8-10-11-12-13-14-15-16-17-18-19-20-21-22-23-24-31-40-47-54-61-77(82)94-73(65-88-75(80)59-52-45-38-30-26-25-28-35-42-49-56-69(3)4)67-92-96(84,85)90-63-72(79)64-91-97(86,87)93-68-74(95-78(83)62-55-48-41-32-27-29-36-43-50-57-70(5)6)66-89-76(81)60-53-46-39-34-33-37-44-51-58-71(7)9-2/h69-74,79H,8-68H2,1-7H3,(H,84,85)(H,86,87)/t71?,72-,73-,74-/m1/s1. The first-order valence-corrected chi connectivity index (χ1v) is 43.4. The molecule has 0 aromatic rings. The first-order chi connectivity index (χ1) is 46.8. The van der Waals surface area contributed by atoms with Crippen LogP contribution in [0, 0.1) is 17.8 Å². The third-order valence-electron chi connectivity index (χ3n) is 18.5. The van der Waals surface area contributed by atoms with Crippen molar-refractivity contribution in [1.82, 2.24) is 0 Å². The number of unbranched alkanes of at least 4 members (excludes halogenated alkanes) is 43. The molecule has 0 amide bonds. The van der Waals surface area contributed by atoms with E-state index in [2.05, 4.69) is 48.5 Å². The minimum absolute atomic E-state index is 0.105. The summed E-state index contributed by atoms with van der Waals surface area (Å²) in [5.41, 5.74) is 0. The smallest absolute Gasteiger partial charge is 0.462 e. The summed E-state index contributed by atoms with van der Waals surface area (Å²) in [5.74, 6) is 0.155. The maximum atomic E-state index is 13.1. The Balaban J connectivity index is 5.23. The maximum Gasteiger partial charge on any atom is 0.472 e. The molecule has 0 bridgehead atoms. The third kappa shape index (κ3) is 70.9. The van der Waals surface area contributed by atoms with E-state index in [-0.39, 0.29) is 25.7 Å². The number of hydrogen-bond acceptors (Lipinski definition) is 15. The molecule has 6 atom stereocenters. The van der Waals surface area contributed by atoms with Crippen molar-refractivity contribution in [3.05, 3.63) is 0 Å². The number of ether oxygens (including phenoxy) is 4. The molecule has 19 heteroatoms. The Morgan fingerprint density at radius 3 is 0.784 bits per heavy atom. The zero-order chi connectivity index (χ0) is 71.6. The summed E-state index contributed by atoms with van der Waals surface area (Å²) < 4.78 is 68.6. The van der Waals surface area contributed by atoms with E-state index in [4.69, 9.17) is 37.0 Å². The normalized spacial score (nSPS) is 14.3. The number of aliphatic hydroxyl groups is 1. The molecule has 0 aliphatic rings. The van der Waals surface area contributed by atoms with Gasteiger partial charge in [-0.15, -0.1) is 0 Å². The van der Waals surface area contributed by atoms with Crippen LogP contribution in [0.2, 0.25) is 0 Å². The number of aliphatic hydroxyl groups excluding tert-OH is 1. The van der Waals surface area contributed by atoms with Crippen LogP contribution < -0.4 is 0 Å². The minimum Gasteiger partial charge on any atom is -0.462 e. The van der Waals surface area contributed by atoms with Gasteiger partial charge in [-0.3, -0.25) is 37.3 Å². The SMILES string of the molecule is CCCCCCCCCCCCCCCCCCCCCCC(=O)O[C@H](COC(=O)CCCCCCCCCCCCC(C)C)COP(=O)(O)OC[C@@H](O)COP(=O)(O)OC[C@@H](COC(=O)CCCCCCCCCCC(C)CC)OC(=O)CCCCCCCCCCCC(C)C. The summed E-state index contributed by atoms with van der Waals surface area (Å²) in [7, 11) is -9.92. The number of phosphoric acid groups is 2. The zero-order valence-corrected chi connectivity index (χ0v) is 65.3. The summed E-state index contributed by atoms with van der Waals surface area (Å²) in [6, 6.07) is 0. The van der Waals surface area contributed by atoms with Crippen LogP contribution in [0.15, 0.2) is 0 Å². The van der Waals surface area contributed by atoms with Crippen LogP contribution in [0.5, 0.6) is 0 Å². The second-order valence-electron chi connectivity index (χ2n) is 29.3. The molecule has 17 nitrogen and oxygen atoms in total. The molecule has 0 aliphatic carbocycles. The molecule has 0 spiro atoms. The Kier molecular flexibility index (Phi) is 67.1. The van der Waals surface area contributed by atoms with Crippen LogP contribution in [-0.2, 0) is 65.4 Å². The monoisotopic (exact) mass is 1420 g/mol. The lowest BCUT2D eigenvalue weighted by Gasteiger charge is -2.21. The van der Waals surface area contributed by atoms with E-state index in [1.54, 1.807) is 0 Å². The van der Waals surface area contributed by atoms with Gasteiger partial charge in [0.2, 0.25) is 0 Å². The Bertz CT molecular complexity index is 1890. The van der Waals surface area contributed by atoms with Crippen LogP contribution in [-0.4, -0.2) is 96.7 Å². The first kappa shape index (κ1) is 95.1. The van der Waals surface area contributed by atoms with Gasteiger partial charge in [-0.05, 0) is 43.4 Å². The van der Waals surface area contributed by atoms with Gasteiger partial charge in [-0.2, -0.15) is 0 Å². The van der Waals surface area contributed by atoms with E-state index in [0.29, 0.717) is 25.7 Å². The van der Waals surface area contributed by atoms with Crippen molar-refractivity contribution in [3.63, 3.8) is 0 Å². The van der Waals surface area contributed by atoms with Gasteiger partial charge >= 0.3 is 39.5 Å². The number of rotatable bonds is 76. The molecule has 0 saturated heterocycles. The first-order valence-electron chi connectivity index (χ1n) is 40.4. The molecule has 0 heterocycles. The van der Waals surface area contributed by atoms with E-state index < -0.39 is 97.5 Å². The van der Waals surface area contributed by atoms with Gasteiger partial charge in [0.25, 0.3) is 0 Å².